The number of aliphatic carboxylic acids is 1. The number of carboxylic acid groups (broad SMARTS) is 1. The minimum absolute atomic E-state index is 0.0722. The van der Waals surface area contributed by atoms with Crippen molar-refractivity contribution in [1.82, 2.24) is 5.06 Å². The Morgan fingerprint density at radius 3 is 2.19 bits per heavy atom. The highest BCUT2D eigenvalue weighted by Crippen LogP contribution is 2.04. The summed E-state index contributed by atoms with van der Waals surface area (Å²) in [6.07, 6.45) is 0. The number of hydroxylamine groups is 2. The molecule has 0 saturated heterocycles. The van der Waals surface area contributed by atoms with Crippen LogP contribution in [-0.4, -0.2) is 47.3 Å². The minimum Gasteiger partial charge on any atom is -0.474 e. The molecule has 0 fully saturated rings. The zero-order valence-electron chi connectivity index (χ0n) is 9.43. The summed E-state index contributed by atoms with van der Waals surface area (Å²) in [5.41, 5.74) is 0. The first-order chi connectivity index (χ1) is 7.45. The zero-order chi connectivity index (χ0) is 12.7. The molecule has 0 aliphatic heterocycles. The van der Waals surface area contributed by atoms with Gasteiger partial charge in [0.2, 0.25) is 0 Å². The number of carbonyl (C=O) groups is 3. The lowest BCUT2D eigenvalue weighted by atomic mass is 10.3. The van der Waals surface area contributed by atoms with Crippen molar-refractivity contribution in [1.29, 1.82) is 0 Å². The molecule has 0 aromatic heterocycles. The predicted octanol–water partition coefficient (Wildman–Crippen LogP) is -0.197. The van der Waals surface area contributed by atoms with Crippen molar-refractivity contribution < 1.29 is 29.1 Å². The Labute approximate surface area is 92.9 Å². The normalized spacial score (nSPS) is 11.7. The van der Waals surface area contributed by atoms with Gasteiger partial charge in [-0.2, -0.15) is 5.06 Å². The smallest absolute Gasteiger partial charge is 0.396 e. The second-order valence-corrected chi connectivity index (χ2v) is 2.78. The summed E-state index contributed by atoms with van der Waals surface area (Å²) in [5, 5.41) is 9.02. The first-order valence-electron chi connectivity index (χ1n) is 4.81. The Morgan fingerprint density at radius 2 is 1.81 bits per heavy atom. The summed E-state index contributed by atoms with van der Waals surface area (Å²) in [5.74, 6) is -3.71. The van der Waals surface area contributed by atoms with Crippen LogP contribution < -0.4 is 0 Å². The standard InChI is InChI=1S/C9H15NO6/c1-4-15-9(14)6(3)10(16-5-2)7(11)8(12)13/h6H,4-5H2,1-3H3,(H,12,13)/t6-/m0/s1. The second kappa shape index (κ2) is 6.78. The number of hydrogen-bond acceptors (Lipinski definition) is 5. The van der Waals surface area contributed by atoms with Crippen LogP contribution in [0.3, 0.4) is 0 Å². The first-order valence-corrected chi connectivity index (χ1v) is 4.81. The lowest BCUT2D eigenvalue weighted by molar-refractivity contribution is -0.208. The lowest BCUT2D eigenvalue weighted by Gasteiger charge is -2.24. The Balaban J connectivity index is 4.70. The van der Waals surface area contributed by atoms with E-state index in [9.17, 15) is 14.4 Å². The fourth-order valence-electron chi connectivity index (χ4n) is 0.938. The van der Waals surface area contributed by atoms with Crippen LogP contribution in [0.15, 0.2) is 0 Å². The van der Waals surface area contributed by atoms with Crippen molar-refractivity contribution >= 4 is 17.8 Å². The fourth-order valence-corrected chi connectivity index (χ4v) is 0.938. The average Bonchev–Trinajstić information content (AvgIpc) is 2.24. The second-order valence-electron chi connectivity index (χ2n) is 2.78. The van der Waals surface area contributed by atoms with Gasteiger partial charge in [0.05, 0.1) is 13.2 Å². The maximum atomic E-state index is 11.3. The van der Waals surface area contributed by atoms with Crippen molar-refractivity contribution in [2.45, 2.75) is 26.8 Å². The molecule has 0 rings (SSSR count). The van der Waals surface area contributed by atoms with Gasteiger partial charge in [-0.3, -0.25) is 9.63 Å². The van der Waals surface area contributed by atoms with Gasteiger partial charge in [-0.15, -0.1) is 0 Å². The van der Waals surface area contributed by atoms with Gasteiger partial charge < -0.3 is 9.84 Å². The van der Waals surface area contributed by atoms with Crippen LogP contribution in [0.4, 0.5) is 0 Å². The molecular formula is C9H15NO6. The summed E-state index contributed by atoms with van der Waals surface area (Å²) < 4.78 is 4.66. The summed E-state index contributed by atoms with van der Waals surface area (Å²) in [7, 11) is 0. The van der Waals surface area contributed by atoms with Crippen LogP contribution in [0.2, 0.25) is 0 Å². The number of esters is 1. The van der Waals surface area contributed by atoms with Crippen molar-refractivity contribution in [3.63, 3.8) is 0 Å². The Hall–Kier alpha value is -1.63. The fraction of sp³-hybridized carbons (Fsp3) is 0.667. The SMILES string of the molecule is CCOC(=O)[C@H](C)N(OCC)C(=O)C(=O)O. The molecule has 0 aromatic rings. The molecule has 0 unspecified atom stereocenters. The van der Waals surface area contributed by atoms with Gasteiger partial charge in [0.15, 0.2) is 6.04 Å². The largest absolute Gasteiger partial charge is 0.474 e. The third kappa shape index (κ3) is 3.85. The zero-order valence-corrected chi connectivity index (χ0v) is 9.43. The van der Waals surface area contributed by atoms with E-state index in [4.69, 9.17) is 9.94 Å². The number of rotatable bonds is 5. The molecule has 0 aromatic carbocycles. The molecule has 1 atom stereocenters. The molecule has 1 N–H and O–H groups in total. The highest BCUT2D eigenvalue weighted by atomic mass is 16.7. The number of nitrogens with zero attached hydrogens (tertiary/aromatic N) is 1. The van der Waals surface area contributed by atoms with Crippen LogP contribution in [0, 0.1) is 0 Å². The van der Waals surface area contributed by atoms with Crippen LogP contribution in [0.25, 0.3) is 0 Å². The monoisotopic (exact) mass is 233 g/mol. The molecule has 16 heavy (non-hydrogen) atoms. The molecule has 0 aliphatic rings. The lowest BCUT2D eigenvalue weighted by Crippen LogP contribution is -2.46. The number of carboxylic acids is 1. The number of hydrogen-bond donors (Lipinski definition) is 1. The molecular weight excluding hydrogens is 218 g/mol. The molecule has 0 heterocycles. The van der Waals surface area contributed by atoms with Gasteiger partial charge in [0.25, 0.3) is 0 Å². The van der Waals surface area contributed by atoms with E-state index in [1.54, 1.807) is 13.8 Å². The van der Waals surface area contributed by atoms with E-state index < -0.39 is 23.9 Å². The molecule has 0 aliphatic carbocycles. The Morgan fingerprint density at radius 1 is 1.25 bits per heavy atom. The maximum Gasteiger partial charge on any atom is 0.396 e. The van der Waals surface area contributed by atoms with Crippen LogP contribution >= 0.6 is 0 Å². The van der Waals surface area contributed by atoms with Crippen molar-refractivity contribution in [2.75, 3.05) is 13.2 Å². The number of ether oxygens (including phenoxy) is 1. The predicted molar refractivity (Wildman–Crippen MR) is 52.2 cm³/mol. The molecule has 92 valence electrons. The Bertz CT molecular complexity index is 277. The van der Waals surface area contributed by atoms with Crippen LogP contribution in [-0.2, 0) is 24.0 Å². The molecule has 1 amide bonds. The molecule has 0 radical (unpaired) electrons. The highest BCUT2D eigenvalue weighted by molar-refractivity contribution is 6.31. The van der Waals surface area contributed by atoms with E-state index in [0.29, 0.717) is 5.06 Å². The van der Waals surface area contributed by atoms with E-state index in [1.807, 2.05) is 0 Å². The van der Waals surface area contributed by atoms with Crippen molar-refractivity contribution in [3.05, 3.63) is 0 Å². The van der Waals surface area contributed by atoms with Gasteiger partial charge in [-0.1, -0.05) is 0 Å². The first kappa shape index (κ1) is 14.4. The van der Waals surface area contributed by atoms with Gasteiger partial charge in [-0.05, 0) is 20.8 Å². The number of amides is 1. The van der Waals surface area contributed by atoms with E-state index in [1.165, 1.54) is 6.92 Å². The minimum atomic E-state index is -1.69. The van der Waals surface area contributed by atoms with Crippen LogP contribution in [0.1, 0.15) is 20.8 Å². The van der Waals surface area contributed by atoms with Crippen LogP contribution in [0.5, 0.6) is 0 Å². The third-order valence-corrected chi connectivity index (χ3v) is 1.63. The van der Waals surface area contributed by atoms with Gasteiger partial charge >= 0.3 is 17.8 Å². The molecule has 0 spiro atoms. The molecule has 0 saturated carbocycles. The Kier molecular flexibility index (Phi) is 6.09. The molecule has 7 heteroatoms. The number of carbonyl (C=O) groups excluding carboxylic acids is 2. The third-order valence-electron chi connectivity index (χ3n) is 1.63. The van der Waals surface area contributed by atoms with Gasteiger partial charge in [0.1, 0.15) is 0 Å². The van der Waals surface area contributed by atoms with E-state index in [2.05, 4.69) is 4.74 Å². The van der Waals surface area contributed by atoms with E-state index in [0.717, 1.165) is 0 Å². The van der Waals surface area contributed by atoms with E-state index in [-0.39, 0.29) is 13.2 Å². The quantitative estimate of drug-likeness (QED) is 0.401. The summed E-state index contributed by atoms with van der Waals surface area (Å²) in [6, 6.07) is -1.09. The molecule has 7 nitrogen and oxygen atoms in total. The maximum absolute atomic E-state index is 11.3. The van der Waals surface area contributed by atoms with Crippen molar-refractivity contribution in [3.8, 4) is 0 Å². The average molecular weight is 233 g/mol. The summed E-state index contributed by atoms with van der Waals surface area (Å²) in [6.45, 7) is 4.72. The van der Waals surface area contributed by atoms with Crippen molar-refractivity contribution in [2.24, 2.45) is 0 Å². The highest BCUT2D eigenvalue weighted by Gasteiger charge is 2.31. The van der Waals surface area contributed by atoms with Gasteiger partial charge in [-0.25, -0.2) is 9.59 Å². The summed E-state index contributed by atoms with van der Waals surface area (Å²) >= 11 is 0. The van der Waals surface area contributed by atoms with Gasteiger partial charge in [0, 0.05) is 0 Å². The molecule has 0 bridgehead atoms. The summed E-state index contributed by atoms with van der Waals surface area (Å²) in [4.78, 5) is 37.7. The van der Waals surface area contributed by atoms with E-state index >= 15 is 0 Å². The topological polar surface area (TPSA) is 93.1 Å².